The lowest BCUT2D eigenvalue weighted by atomic mass is 10.2. The third-order valence-electron chi connectivity index (χ3n) is 2.56. The molecule has 0 radical (unpaired) electrons. The highest BCUT2D eigenvalue weighted by molar-refractivity contribution is 5.89. The lowest BCUT2D eigenvalue weighted by molar-refractivity contribution is 0.0695. The Morgan fingerprint density at radius 1 is 1.60 bits per heavy atom. The molecule has 0 bridgehead atoms. The number of hydrogen-bond donors (Lipinski definition) is 1. The molecular formula is C11H17NO3. The van der Waals surface area contributed by atoms with Crippen LogP contribution in [0.5, 0.6) is 0 Å². The molecule has 0 spiro atoms. The Morgan fingerprint density at radius 3 is 2.60 bits per heavy atom. The van der Waals surface area contributed by atoms with Crippen molar-refractivity contribution < 1.29 is 14.6 Å². The first-order valence-electron chi connectivity index (χ1n) is 4.89. The van der Waals surface area contributed by atoms with Crippen molar-refractivity contribution in [3.63, 3.8) is 0 Å². The predicted octanol–water partition coefficient (Wildman–Crippen LogP) is 2.01. The largest absolute Gasteiger partial charge is 0.478 e. The Morgan fingerprint density at radius 2 is 2.20 bits per heavy atom. The van der Waals surface area contributed by atoms with E-state index < -0.39 is 5.97 Å². The average Bonchev–Trinajstić information content (AvgIpc) is 2.42. The number of aromatic carboxylic acids is 1. The molecule has 0 aliphatic heterocycles. The van der Waals surface area contributed by atoms with E-state index in [1.165, 1.54) is 0 Å². The molecule has 0 aromatic carbocycles. The van der Waals surface area contributed by atoms with Gasteiger partial charge in [-0.1, -0.05) is 0 Å². The van der Waals surface area contributed by atoms with Crippen molar-refractivity contribution >= 4 is 5.97 Å². The van der Waals surface area contributed by atoms with Gasteiger partial charge in [0.05, 0.1) is 18.2 Å². The lowest BCUT2D eigenvalue weighted by Crippen LogP contribution is -2.14. The molecule has 0 saturated carbocycles. The second kappa shape index (κ2) is 4.49. The Hall–Kier alpha value is -1.29. The van der Waals surface area contributed by atoms with Gasteiger partial charge in [0.15, 0.2) is 0 Å². The number of ether oxygens (including phenoxy) is 1. The van der Waals surface area contributed by atoms with E-state index in [2.05, 4.69) is 0 Å². The van der Waals surface area contributed by atoms with Crippen molar-refractivity contribution in [2.75, 3.05) is 13.7 Å². The van der Waals surface area contributed by atoms with Crippen molar-refractivity contribution in [2.45, 2.75) is 26.8 Å². The predicted molar refractivity (Wildman–Crippen MR) is 57.5 cm³/mol. The number of rotatable bonds is 4. The number of aryl methyl sites for hydroxylation is 1. The number of methoxy groups -OCH3 is 1. The summed E-state index contributed by atoms with van der Waals surface area (Å²) in [6, 6.07) is 1.85. The van der Waals surface area contributed by atoms with Crippen LogP contribution < -0.4 is 0 Å². The van der Waals surface area contributed by atoms with Crippen molar-refractivity contribution in [2.24, 2.45) is 0 Å². The monoisotopic (exact) mass is 211 g/mol. The van der Waals surface area contributed by atoms with Crippen molar-refractivity contribution in [3.05, 3.63) is 23.0 Å². The van der Waals surface area contributed by atoms with Crippen molar-refractivity contribution in [3.8, 4) is 0 Å². The fraction of sp³-hybridized carbons (Fsp3) is 0.545. The molecule has 4 heteroatoms. The van der Waals surface area contributed by atoms with E-state index in [-0.39, 0.29) is 6.04 Å². The lowest BCUT2D eigenvalue weighted by Gasteiger charge is -2.17. The van der Waals surface area contributed by atoms with Gasteiger partial charge >= 0.3 is 5.97 Å². The van der Waals surface area contributed by atoms with Crippen LogP contribution >= 0.6 is 0 Å². The van der Waals surface area contributed by atoms with Gasteiger partial charge in [-0.15, -0.1) is 0 Å². The van der Waals surface area contributed by atoms with E-state index in [1.54, 1.807) is 13.2 Å². The Bertz CT molecular complexity index is 368. The van der Waals surface area contributed by atoms with Gasteiger partial charge < -0.3 is 14.4 Å². The van der Waals surface area contributed by atoms with Crippen LogP contribution in [-0.2, 0) is 4.74 Å². The van der Waals surface area contributed by atoms with E-state index in [4.69, 9.17) is 9.84 Å². The summed E-state index contributed by atoms with van der Waals surface area (Å²) in [5.74, 6) is -0.876. The maximum absolute atomic E-state index is 10.9. The molecule has 0 aliphatic carbocycles. The van der Waals surface area contributed by atoms with Crippen LogP contribution in [0, 0.1) is 13.8 Å². The van der Waals surface area contributed by atoms with Crippen molar-refractivity contribution in [1.82, 2.24) is 4.57 Å². The topological polar surface area (TPSA) is 51.5 Å². The van der Waals surface area contributed by atoms with Gasteiger partial charge in [-0.05, 0) is 26.8 Å². The minimum atomic E-state index is -0.876. The van der Waals surface area contributed by atoms with E-state index in [1.807, 2.05) is 25.3 Å². The quantitative estimate of drug-likeness (QED) is 0.828. The first kappa shape index (κ1) is 11.8. The summed E-state index contributed by atoms with van der Waals surface area (Å²) in [7, 11) is 1.64. The maximum Gasteiger partial charge on any atom is 0.337 e. The normalized spacial score (nSPS) is 12.8. The molecule has 1 aromatic heterocycles. The summed E-state index contributed by atoms with van der Waals surface area (Å²) in [5.41, 5.74) is 2.11. The number of carboxylic acids is 1. The number of aromatic nitrogens is 1. The number of carboxylic acid groups (broad SMARTS) is 1. The molecule has 0 saturated heterocycles. The Balaban J connectivity index is 3.13. The fourth-order valence-corrected chi connectivity index (χ4v) is 1.99. The summed E-state index contributed by atoms with van der Waals surface area (Å²) in [5, 5.41) is 8.97. The van der Waals surface area contributed by atoms with Crippen LogP contribution in [0.15, 0.2) is 6.07 Å². The summed E-state index contributed by atoms with van der Waals surface area (Å²) in [6.07, 6.45) is 0. The van der Waals surface area contributed by atoms with Crippen LogP contribution in [0.2, 0.25) is 0 Å². The van der Waals surface area contributed by atoms with Crippen LogP contribution in [0.25, 0.3) is 0 Å². The smallest absolute Gasteiger partial charge is 0.337 e. The van der Waals surface area contributed by atoms with Crippen LogP contribution in [0.4, 0.5) is 0 Å². The summed E-state index contributed by atoms with van der Waals surface area (Å²) in [6.45, 7) is 6.32. The number of nitrogens with zero attached hydrogens (tertiary/aromatic N) is 1. The Labute approximate surface area is 89.5 Å². The minimum absolute atomic E-state index is 0.156. The van der Waals surface area contributed by atoms with Gasteiger partial charge in [-0.25, -0.2) is 4.79 Å². The molecule has 0 amide bonds. The number of hydrogen-bond acceptors (Lipinski definition) is 2. The highest BCUT2D eigenvalue weighted by Gasteiger charge is 2.17. The molecule has 1 aromatic rings. The molecule has 4 nitrogen and oxygen atoms in total. The first-order chi connectivity index (χ1) is 6.99. The van der Waals surface area contributed by atoms with Gasteiger partial charge in [-0.3, -0.25) is 0 Å². The number of carbonyl (C=O) groups is 1. The molecule has 0 aliphatic rings. The summed E-state index contributed by atoms with van der Waals surface area (Å²) < 4.78 is 7.06. The Kier molecular flexibility index (Phi) is 3.52. The minimum Gasteiger partial charge on any atom is -0.478 e. The first-order valence-corrected chi connectivity index (χ1v) is 4.89. The van der Waals surface area contributed by atoms with Crippen LogP contribution in [0.3, 0.4) is 0 Å². The summed E-state index contributed by atoms with van der Waals surface area (Å²) in [4.78, 5) is 10.9. The zero-order valence-electron chi connectivity index (χ0n) is 9.57. The standard InChI is InChI=1S/C11H17NO3/c1-7-5-10(11(13)14)9(3)12(7)8(2)6-15-4/h5,8H,6H2,1-4H3,(H,13,14). The summed E-state index contributed by atoms with van der Waals surface area (Å²) >= 11 is 0. The maximum atomic E-state index is 10.9. The molecule has 1 heterocycles. The van der Waals surface area contributed by atoms with E-state index >= 15 is 0 Å². The van der Waals surface area contributed by atoms with Gasteiger partial charge in [0.1, 0.15) is 0 Å². The fourth-order valence-electron chi connectivity index (χ4n) is 1.99. The van der Waals surface area contributed by atoms with Gasteiger partial charge in [0.25, 0.3) is 0 Å². The molecular weight excluding hydrogens is 194 g/mol. The average molecular weight is 211 g/mol. The molecule has 1 rings (SSSR count). The molecule has 84 valence electrons. The molecule has 0 fully saturated rings. The van der Waals surface area contributed by atoms with Gasteiger partial charge in [-0.2, -0.15) is 0 Å². The van der Waals surface area contributed by atoms with E-state index in [0.717, 1.165) is 11.4 Å². The molecule has 15 heavy (non-hydrogen) atoms. The van der Waals surface area contributed by atoms with E-state index in [0.29, 0.717) is 12.2 Å². The van der Waals surface area contributed by atoms with Crippen LogP contribution in [-0.4, -0.2) is 29.4 Å². The SMILES string of the molecule is COCC(C)n1c(C)cc(C(=O)O)c1C. The van der Waals surface area contributed by atoms with E-state index in [9.17, 15) is 4.79 Å². The highest BCUT2D eigenvalue weighted by atomic mass is 16.5. The molecule has 1 unspecified atom stereocenters. The van der Waals surface area contributed by atoms with Gasteiger partial charge in [0, 0.05) is 18.5 Å². The highest BCUT2D eigenvalue weighted by Crippen LogP contribution is 2.20. The third kappa shape index (κ3) is 2.21. The zero-order valence-corrected chi connectivity index (χ0v) is 9.57. The van der Waals surface area contributed by atoms with Gasteiger partial charge in [0.2, 0.25) is 0 Å². The molecule has 1 atom stereocenters. The third-order valence-corrected chi connectivity index (χ3v) is 2.56. The van der Waals surface area contributed by atoms with Crippen LogP contribution in [0.1, 0.15) is 34.7 Å². The second-order valence-electron chi connectivity index (χ2n) is 3.76. The zero-order chi connectivity index (χ0) is 11.6. The molecule has 1 N–H and O–H groups in total. The van der Waals surface area contributed by atoms with Crippen molar-refractivity contribution in [1.29, 1.82) is 0 Å². The second-order valence-corrected chi connectivity index (χ2v) is 3.76.